The highest BCUT2D eigenvalue weighted by Gasteiger charge is 2.30. The summed E-state index contributed by atoms with van der Waals surface area (Å²) in [5.74, 6) is -0.491. The summed E-state index contributed by atoms with van der Waals surface area (Å²) in [5, 5.41) is 2.42. The highest BCUT2D eigenvalue weighted by molar-refractivity contribution is 8.00. The van der Waals surface area contributed by atoms with E-state index in [1.165, 1.54) is 18.2 Å². The second kappa shape index (κ2) is 6.49. The van der Waals surface area contributed by atoms with Crippen molar-refractivity contribution in [1.29, 1.82) is 0 Å². The first-order valence-corrected chi connectivity index (χ1v) is 6.67. The van der Waals surface area contributed by atoms with Crippen LogP contribution in [0, 0.1) is 0 Å². The Kier molecular flexibility index (Phi) is 5.47. The van der Waals surface area contributed by atoms with E-state index >= 15 is 0 Å². The highest BCUT2D eigenvalue weighted by atomic mass is 32.2. The standard InChI is InChI=1S/C13H16F3NO2S/c1-12(2,3)19-8-11(18)17-9-6-4-5-7-10(9)20-13(14,15)16/h4-7H,8H2,1-3H3,(H,17,18). The van der Waals surface area contributed by atoms with Crippen molar-refractivity contribution in [2.75, 3.05) is 11.9 Å². The molecule has 3 nitrogen and oxygen atoms in total. The number of benzene rings is 1. The number of anilines is 1. The van der Waals surface area contributed by atoms with Gasteiger partial charge in [0.15, 0.2) is 0 Å². The van der Waals surface area contributed by atoms with Crippen molar-refractivity contribution in [1.82, 2.24) is 0 Å². The summed E-state index contributed by atoms with van der Waals surface area (Å²) in [5.41, 5.74) is -4.77. The van der Waals surface area contributed by atoms with E-state index in [-0.39, 0.29) is 29.0 Å². The van der Waals surface area contributed by atoms with Gasteiger partial charge in [0.05, 0.1) is 11.3 Å². The fourth-order valence-electron chi connectivity index (χ4n) is 1.25. The van der Waals surface area contributed by atoms with Crippen LogP contribution in [0.2, 0.25) is 0 Å². The van der Waals surface area contributed by atoms with E-state index in [0.717, 1.165) is 0 Å². The van der Waals surface area contributed by atoms with Gasteiger partial charge in [0, 0.05) is 4.90 Å². The second-order valence-electron chi connectivity index (χ2n) is 4.99. The van der Waals surface area contributed by atoms with E-state index in [0.29, 0.717) is 0 Å². The van der Waals surface area contributed by atoms with E-state index in [1.807, 2.05) is 0 Å². The van der Waals surface area contributed by atoms with Gasteiger partial charge in [-0.3, -0.25) is 4.79 Å². The molecule has 0 radical (unpaired) electrons. The molecule has 1 rings (SSSR count). The smallest absolute Gasteiger partial charge is 0.366 e. The van der Waals surface area contributed by atoms with Crippen LogP contribution in [-0.2, 0) is 9.53 Å². The lowest BCUT2D eigenvalue weighted by atomic mass is 10.2. The zero-order valence-corrected chi connectivity index (χ0v) is 12.2. The predicted octanol–water partition coefficient (Wildman–Crippen LogP) is 4.05. The third-order valence-electron chi connectivity index (χ3n) is 2.02. The maximum absolute atomic E-state index is 12.4. The van der Waals surface area contributed by atoms with E-state index in [1.54, 1.807) is 26.8 Å². The van der Waals surface area contributed by atoms with Gasteiger partial charge >= 0.3 is 5.51 Å². The summed E-state index contributed by atoms with van der Waals surface area (Å²) < 4.78 is 42.4. The van der Waals surface area contributed by atoms with Crippen molar-refractivity contribution in [2.24, 2.45) is 0 Å². The minimum Gasteiger partial charge on any atom is -0.366 e. The van der Waals surface area contributed by atoms with Crippen molar-refractivity contribution < 1.29 is 22.7 Å². The molecule has 0 aliphatic heterocycles. The number of ether oxygens (including phenoxy) is 1. The Labute approximate surface area is 119 Å². The first-order valence-electron chi connectivity index (χ1n) is 5.85. The Morgan fingerprint density at radius 3 is 2.40 bits per heavy atom. The van der Waals surface area contributed by atoms with Crippen LogP contribution in [-0.4, -0.2) is 23.6 Å². The minimum atomic E-state index is -4.40. The first-order chi connectivity index (χ1) is 9.07. The maximum atomic E-state index is 12.4. The number of alkyl halides is 3. The zero-order chi connectivity index (χ0) is 15.4. The molecule has 0 fully saturated rings. The molecule has 0 unspecified atom stereocenters. The number of para-hydroxylation sites is 1. The second-order valence-corrected chi connectivity index (χ2v) is 6.10. The van der Waals surface area contributed by atoms with Crippen molar-refractivity contribution in [2.45, 2.75) is 36.8 Å². The minimum absolute atomic E-state index is 0.0518. The third kappa shape index (κ3) is 6.81. The number of nitrogens with one attached hydrogen (secondary N) is 1. The van der Waals surface area contributed by atoms with Crippen LogP contribution in [0.25, 0.3) is 0 Å². The average Bonchev–Trinajstić information content (AvgIpc) is 2.26. The summed E-state index contributed by atoms with van der Waals surface area (Å²) in [6.07, 6.45) is 0. The van der Waals surface area contributed by atoms with Crippen LogP contribution in [0.3, 0.4) is 0 Å². The van der Waals surface area contributed by atoms with Gasteiger partial charge in [-0.05, 0) is 44.7 Å². The third-order valence-corrected chi connectivity index (χ3v) is 2.83. The van der Waals surface area contributed by atoms with Gasteiger partial charge in [-0.2, -0.15) is 13.2 Å². The van der Waals surface area contributed by atoms with Crippen LogP contribution in [0.4, 0.5) is 18.9 Å². The molecule has 0 aliphatic rings. The number of thioether (sulfide) groups is 1. The van der Waals surface area contributed by atoms with Crippen molar-refractivity contribution in [3.63, 3.8) is 0 Å². The number of carbonyl (C=O) groups excluding carboxylic acids is 1. The Hall–Kier alpha value is -1.21. The van der Waals surface area contributed by atoms with E-state index in [9.17, 15) is 18.0 Å². The molecule has 1 aromatic rings. The highest BCUT2D eigenvalue weighted by Crippen LogP contribution is 2.40. The van der Waals surface area contributed by atoms with Gasteiger partial charge in [0.1, 0.15) is 6.61 Å². The van der Waals surface area contributed by atoms with Gasteiger partial charge in [-0.1, -0.05) is 12.1 Å². The normalized spacial score (nSPS) is 12.3. The van der Waals surface area contributed by atoms with Crippen LogP contribution < -0.4 is 5.32 Å². The first kappa shape index (κ1) is 16.8. The van der Waals surface area contributed by atoms with Gasteiger partial charge in [0.25, 0.3) is 0 Å². The predicted molar refractivity (Wildman–Crippen MR) is 72.7 cm³/mol. The molecule has 0 saturated carbocycles. The van der Waals surface area contributed by atoms with Gasteiger partial charge in [-0.25, -0.2) is 0 Å². The Morgan fingerprint density at radius 2 is 1.85 bits per heavy atom. The molecule has 112 valence electrons. The molecule has 0 saturated heterocycles. The lowest BCUT2D eigenvalue weighted by Gasteiger charge is -2.19. The molecule has 0 spiro atoms. The Bertz CT molecular complexity index is 469. The number of hydrogen-bond acceptors (Lipinski definition) is 3. The molecule has 1 amide bonds. The summed E-state index contributed by atoms with van der Waals surface area (Å²) in [6, 6.07) is 5.76. The number of halogens is 3. The number of hydrogen-bond donors (Lipinski definition) is 1. The molecule has 0 bridgehead atoms. The molecule has 20 heavy (non-hydrogen) atoms. The Morgan fingerprint density at radius 1 is 1.25 bits per heavy atom. The summed E-state index contributed by atoms with van der Waals surface area (Å²) in [7, 11) is 0. The van der Waals surface area contributed by atoms with E-state index < -0.39 is 17.0 Å². The zero-order valence-electron chi connectivity index (χ0n) is 11.4. The van der Waals surface area contributed by atoms with Crippen LogP contribution in [0.1, 0.15) is 20.8 Å². The van der Waals surface area contributed by atoms with E-state index in [2.05, 4.69) is 5.32 Å². The van der Waals surface area contributed by atoms with Gasteiger partial charge < -0.3 is 10.1 Å². The number of carbonyl (C=O) groups is 1. The molecule has 7 heteroatoms. The largest absolute Gasteiger partial charge is 0.446 e. The summed E-state index contributed by atoms with van der Waals surface area (Å²) in [6.45, 7) is 5.14. The lowest BCUT2D eigenvalue weighted by molar-refractivity contribution is -0.125. The molecule has 1 N–H and O–H groups in total. The average molecular weight is 307 g/mol. The number of amides is 1. The van der Waals surface area contributed by atoms with Crippen LogP contribution >= 0.6 is 11.8 Å². The van der Waals surface area contributed by atoms with Crippen LogP contribution in [0.5, 0.6) is 0 Å². The van der Waals surface area contributed by atoms with Gasteiger partial charge in [-0.15, -0.1) is 0 Å². The molecule has 0 aliphatic carbocycles. The lowest BCUT2D eigenvalue weighted by Crippen LogP contribution is -2.27. The molecule has 0 atom stereocenters. The maximum Gasteiger partial charge on any atom is 0.446 e. The SMILES string of the molecule is CC(C)(C)OCC(=O)Nc1ccccc1SC(F)(F)F. The summed E-state index contributed by atoms with van der Waals surface area (Å²) >= 11 is -0.263. The fraction of sp³-hybridized carbons (Fsp3) is 0.462. The summed E-state index contributed by atoms with van der Waals surface area (Å²) in [4.78, 5) is 11.6. The monoisotopic (exact) mass is 307 g/mol. The van der Waals surface area contributed by atoms with Crippen molar-refractivity contribution in [3.8, 4) is 0 Å². The quantitative estimate of drug-likeness (QED) is 0.853. The molecule has 0 aromatic heterocycles. The Balaban J connectivity index is 2.70. The number of rotatable bonds is 4. The molecular weight excluding hydrogens is 291 g/mol. The van der Waals surface area contributed by atoms with Gasteiger partial charge in [0.2, 0.25) is 5.91 Å². The van der Waals surface area contributed by atoms with Crippen molar-refractivity contribution >= 4 is 23.4 Å². The molecular formula is C13H16F3NO2S. The fourth-order valence-corrected chi connectivity index (χ4v) is 1.88. The topological polar surface area (TPSA) is 38.3 Å². The van der Waals surface area contributed by atoms with E-state index in [4.69, 9.17) is 4.74 Å². The molecule has 0 heterocycles. The van der Waals surface area contributed by atoms with Crippen LogP contribution in [0.15, 0.2) is 29.2 Å². The van der Waals surface area contributed by atoms with Crippen molar-refractivity contribution in [3.05, 3.63) is 24.3 Å². The molecule has 1 aromatic carbocycles.